The van der Waals surface area contributed by atoms with E-state index < -0.39 is 18.0 Å². The second-order valence-corrected chi connectivity index (χ2v) is 6.99. The molecule has 0 spiro atoms. The second kappa shape index (κ2) is 12.2. The molecule has 9 nitrogen and oxygen atoms in total. The zero-order chi connectivity index (χ0) is 22.6. The zero-order valence-electron chi connectivity index (χ0n) is 17.2. The van der Waals surface area contributed by atoms with Crippen LogP contribution in [0, 0.1) is 0 Å². The lowest BCUT2D eigenvalue weighted by Gasteiger charge is -2.32. The van der Waals surface area contributed by atoms with Crippen LogP contribution in [0.3, 0.4) is 0 Å². The van der Waals surface area contributed by atoms with E-state index in [0.29, 0.717) is 32.6 Å². The van der Waals surface area contributed by atoms with Crippen LogP contribution in [-0.2, 0) is 22.6 Å². The molecule has 1 saturated heterocycles. The molecule has 0 saturated carbocycles. The van der Waals surface area contributed by atoms with Gasteiger partial charge in [0.1, 0.15) is 12.6 Å². The summed E-state index contributed by atoms with van der Waals surface area (Å²) in [5, 5.41) is 8.52. The highest BCUT2D eigenvalue weighted by Crippen LogP contribution is 2.06. The number of hydrogen-bond donors (Lipinski definition) is 3. The van der Waals surface area contributed by atoms with E-state index in [0.717, 1.165) is 11.1 Å². The average molecular weight is 428 g/mol. The molecule has 0 radical (unpaired) electrons. The smallest absolute Gasteiger partial charge is 0.410 e. The number of rotatable bonds is 5. The second-order valence-electron chi connectivity index (χ2n) is 6.99. The number of amides is 3. The summed E-state index contributed by atoms with van der Waals surface area (Å²) in [5.41, 5.74) is 12.4. The molecule has 0 bridgehead atoms. The van der Waals surface area contributed by atoms with E-state index in [2.05, 4.69) is 0 Å². The summed E-state index contributed by atoms with van der Waals surface area (Å²) in [6, 6.07) is 17.6. The Hall–Kier alpha value is -3.59. The third kappa shape index (κ3) is 8.35. The number of benzene rings is 2. The third-order valence-electron chi connectivity index (χ3n) is 4.67. The zero-order valence-corrected chi connectivity index (χ0v) is 17.2. The number of urea groups is 1. The fourth-order valence-corrected chi connectivity index (χ4v) is 2.88. The first-order valence-electron chi connectivity index (χ1n) is 9.89. The van der Waals surface area contributed by atoms with Crippen molar-refractivity contribution in [2.75, 3.05) is 26.2 Å². The maximum atomic E-state index is 11.8. The van der Waals surface area contributed by atoms with Crippen molar-refractivity contribution in [2.45, 2.75) is 19.1 Å². The van der Waals surface area contributed by atoms with E-state index in [4.69, 9.17) is 21.3 Å². The SMILES string of the molecule is NC(=O)N1CCN(C(=O)OCc2ccccc2)CC1.N[C@@H](Cc1ccccc1)C(=O)O. The van der Waals surface area contributed by atoms with Gasteiger partial charge in [0.25, 0.3) is 0 Å². The number of carboxylic acids is 1. The molecule has 1 aliphatic rings. The van der Waals surface area contributed by atoms with Crippen molar-refractivity contribution in [1.29, 1.82) is 0 Å². The molecule has 0 aromatic heterocycles. The summed E-state index contributed by atoms with van der Waals surface area (Å²) in [6.07, 6.45) is 0.0314. The van der Waals surface area contributed by atoms with Gasteiger partial charge in [-0.05, 0) is 17.5 Å². The van der Waals surface area contributed by atoms with Crippen molar-refractivity contribution in [3.05, 3.63) is 71.8 Å². The Kier molecular flexibility index (Phi) is 9.31. The van der Waals surface area contributed by atoms with Crippen LogP contribution < -0.4 is 11.5 Å². The van der Waals surface area contributed by atoms with Crippen LogP contribution in [0.5, 0.6) is 0 Å². The lowest BCUT2D eigenvalue weighted by molar-refractivity contribution is -0.138. The van der Waals surface area contributed by atoms with Crippen LogP contribution in [-0.4, -0.2) is 65.2 Å². The van der Waals surface area contributed by atoms with Crippen LogP contribution >= 0.6 is 0 Å². The molecule has 2 aromatic rings. The predicted molar refractivity (Wildman–Crippen MR) is 115 cm³/mol. The number of primary amides is 1. The Morgan fingerprint density at radius 1 is 0.871 bits per heavy atom. The van der Waals surface area contributed by atoms with E-state index in [-0.39, 0.29) is 12.7 Å². The van der Waals surface area contributed by atoms with Gasteiger partial charge < -0.3 is 31.1 Å². The van der Waals surface area contributed by atoms with Crippen LogP contribution in [0.1, 0.15) is 11.1 Å². The minimum Gasteiger partial charge on any atom is -0.480 e. The topological polar surface area (TPSA) is 139 Å². The Morgan fingerprint density at radius 3 is 1.84 bits per heavy atom. The van der Waals surface area contributed by atoms with Crippen molar-refractivity contribution in [1.82, 2.24) is 9.80 Å². The molecule has 1 heterocycles. The molecular formula is C22H28N4O5. The fourth-order valence-electron chi connectivity index (χ4n) is 2.88. The Morgan fingerprint density at radius 2 is 1.35 bits per heavy atom. The molecule has 2 aromatic carbocycles. The standard InChI is InChI=1S/C13H17N3O3.C9H11NO2/c14-12(17)15-6-8-16(9-7-15)13(18)19-10-11-4-2-1-3-5-11;10-8(9(11)12)6-7-4-2-1-3-5-7/h1-5H,6-10H2,(H2,14,17);1-5,8H,6,10H2,(H,11,12)/t;8-/m.0/s1. The molecule has 1 atom stereocenters. The minimum absolute atomic E-state index is 0.260. The van der Waals surface area contributed by atoms with Gasteiger partial charge in [-0.15, -0.1) is 0 Å². The summed E-state index contributed by atoms with van der Waals surface area (Å²) in [7, 11) is 0. The Labute approximate surface area is 181 Å². The fraction of sp³-hybridized carbons (Fsp3) is 0.318. The molecule has 5 N–H and O–H groups in total. The maximum absolute atomic E-state index is 11.8. The molecular weight excluding hydrogens is 400 g/mol. The average Bonchev–Trinajstić information content (AvgIpc) is 2.79. The number of carboxylic acid groups (broad SMARTS) is 1. The van der Waals surface area contributed by atoms with E-state index in [1.807, 2.05) is 60.7 Å². The quantitative estimate of drug-likeness (QED) is 0.662. The van der Waals surface area contributed by atoms with Gasteiger partial charge in [-0.1, -0.05) is 60.7 Å². The van der Waals surface area contributed by atoms with Gasteiger partial charge in [-0.2, -0.15) is 0 Å². The monoisotopic (exact) mass is 428 g/mol. The first-order chi connectivity index (χ1) is 14.9. The maximum Gasteiger partial charge on any atom is 0.410 e. The number of nitrogens with two attached hydrogens (primary N) is 2. The number of aliphatic carboxylic acids is 1. The number of hydrogen-bond acceptors (Lipinski definition) is 5. The highest BCUT2D eigenvalue weighted by Gasteiger charge is 2.23. The number of ether oxygens (including phenoxy) is 1. The van der Waals surface area contributed by atoms with E-state index >= 15 is 0 Å². The first-order valence-corrected chi connectivity index (χ1v) is 9.89. The largest absolute Gasteiger partial charge is 0.480 e. The summed E-state index contributed by atoms with van der Waals surface area (Å²) in [5.74, 6) is -0.959. The number of nitrogens with zero attached hydrogens (tertiary/aromatic N) is 2. The van der Waals surface area contributed by atoms with Crippen LogP contribution in [0.15, 0.2) is 60.7 Å². The molecule has 0 aliphatic carbocycles. The van der Waals surface area contributed by atoms with Crippen molar-refractivity contribution in [3.8, 4) is 0 Å². The van der Waals surface area contributed by atoms with Gasteiger partial charge in [-0.3, -0.25) is 4.79 Å². The molecule has 1 fully saturated rings. The van der Waals surface area contributed by atoms with Gasteiger partial charge in [-0.25, -0.2) is 9.59 Å². The van der Waals surface area contributed by atoms with Gasteiger partial charge in [0.2, 0.25) is 0 Å². The van der Waals surface area contributed by atoms with Crippen LogP contribution in [0.4, 0.5) is 9.59 Å². The van der Waals surface area contributed by atoms with Crippen molar-refractivity contribution < 1.29 is 24.2 Å². The molecule has 3 rings (SSSR count). The van der Waals surface area contributed by atoms with Crippen LogP contribution in [0.2, 0.25) is 0 Å². The van der Waals surface area contributed by atoms with Gasteiger partial charge in [0.15, 0.2) is 0 Å². The van der Waals surface area contributed by atoms with E-state index in [1.165, 1.54) is 4.90 Å². The Balaban J connectivity index is 0.000000245. The normalized spacial score (nSPS) is 14.1. The minimum atomic E-state index is -0.959. The number of piperazine rings is 1. The summed E-state index contributed by atoms with van der Waals surface area (Å²) >= 11 is 0. The summed E-state index contributed by atoms with van der Waals surface area (Å²) < 4.78 is 5.22. The third-order valence-corrected chi connectivity index (χ3v) is 4.67. The molecule has 166 valence electrons. The molecule has 31 heavy (non-hydrogen) atoms. The summed E-state index contributed by atoms with van der Waals surface area (Å²) in [4.78, 5) is 36.3. The highest BCUT2D eigenvalue weighted by molar-refractivity contribution is 5.73. The van der Waals surface area contributed by atoms with E-state index in [9.17, 15) is 14.4 Å². The Bertz CT molecular complexity index is 839. The lowest BCUT2D eigenvalue weighted by Crippen LogP contribution is -2.52. The molecule has 3 amide bonds. The summed E-state index contributed by atoms with van der Waals surface area (Å²) in [6.45, 7) is 2.08. The van der Waals surface area contributed by atoms with Gasteiger partial charge >= 0.3 is 18.1 Å². The predicted octanol–water partition coefficient (Wildman–Crippen LogP) is 1.66. The van der Waals surface area contributed by atoms with Crippen molar-refractivity contribution in [2.24, 2.45) is 11.5 Å². The lowest BCUT2D eigenvalue weighted by atomic mass is 10.1. The highest BCUT2D eigenvalue weighted by atomic mass is 16.6. The van der Waals surface area contributed by atoms with Crippen LogP contribution in [0.25, 0.3) is 0 Å². The van der Waals surface area contributed by atoms with E-state index in [1.54, 1.807) is 4.90 Å². The van der Waals surface area contributed by atoms with Gasteiger partial charge in [0, 0.05) is 26.2 Å². The number of carbonyl (C=O) groups is 3. The van der Waals surface area contributed by atoms with Crippen molar-refractivity contribution >= 4 is 18.1 Å². The molecule has 9 heteroatoms. The van der Waals surface area contributed by atoms with Gasteiger partial charge in [0.05, 0.1) is 0 Å². The molecule has 1 aliphatic heterocycles. The first kappa shape index (κ1) is 23.7. The number of carbonyl (C=O) groups excluding carboxylic acids is 2. The van der Waals surface area contributed by atoms with Crippen molar-refractivity contribution in [3.63, 3.8) is 0 Å². The molecule has 0 unspecified atom stereocenters.